The van der Waals surface area contributed by atoms with Crippen LogP contribution in [-0.4, -0.2) is 0 Å². The van der Waals surface area contributed by atoms with Crippen molar-refractivity contribution in [3.05, 3.63) is 35.6 Å². The van der Waals surface area contributed by atoms with E-state index in [4.69, 9.17) is 5.26 Å². The predicted octanol–water partition coefficient (Wildman–Crippen LogP) is 1.70. The highest BCUT2D eigenvalue weighted by Gasteiger charge is 1.87. The van der Waals surface area contributed by atoms with Gasteiger partial charge >= 0.3 is 0 Å². The average molecular weight is 123 g/mol. The van der Waals surface area contributed by atoms with Gasteiger partial charge < -0.3 is 0 Å². The lowest BCUT2D eigenvalue weighted by molar-refractivity contribution is 0.627. The Balaban J connectivity index is 3.06. The molecule has 1 aromatic carbocycles. The standard InChI is InChI=1S/C7H4FN/c8-7-3-1-6(5-9)2-4-7/h1-4H/i5+2. The SMILES string of the molecule is N#[14C]c1ccc(F)cc1. The van der Waals surface area contributed by atoms with Crippen LogP contribution in [0.4, 0.5) is 4.39 Å². The van der Waals surface area contributed by atoms with E-state index in [1.165, 1.54) is 24.3 Å². The molecule has 0 atom stereocenters. The van der Waals surface area contributed by atoms with Crippen molar-refractivity contribution in [3.63, 3.8) is 0 Å². The highest BCUT2D eigenvalue weighted by molar-refractivity contribution is 5.28. The summed E-state index contributed by atoms with van der Waals surface area (Å²) in [5.74, 6) is -0.311. The van der Waals surface area contributed by atoms with E-state index in [1.807, 2.05) is 6.07 Å². The van der Waals surface area contributed by atoms with Crippen molar-refractivity contribution in [3.8, 4) is 6.07 Å². The van der Waals surface area contributed by atoms with Crippen LogP contribution >= 0.6 is 0 Å². The summed E-state index contributed by atoms with van der Waals surface area (Å²) in [6.45, 7) is 0. The summed E-state index contributed by atoms with van der Waals surface area (Å²) in [7, 11) is 0. The Morgan fingerprint density at radius 1 is 1.22 bits per heavy atom. The third-order valence-corrected chi connectivity index (χ3v) is 0.973. The van der Waals surface area contributed by atoms with Crippen LogP contribution in [0.2, 0.25) is 0 Å². The fraction of sp³-hybridized carbons (Fsp3) is 0. The Labute approximate surface area is 52.4 Å². The molecule has 1 nitrogen and oxygen atoms in total. The molecular formula is C7H4FN. The maximum absolute atomic E-state index is 12.1. The largest absolute Gasteiger partial charge is 0.207 e. The minimum atomic E-state index is -0.311. The first-order valence-corrected chi connectivity index (χ1v) is 2.48. The normalized spacial score (nSPS) is 8.44. The zero-order valence-corrected chi connectivity index (χ0v) is 4.63. The molecule has 44 valence electrons. The second-order valence-corrected chi connectivity index (χ2v) is 1.62. The van der Waals surface area contributed by atoms with Gasteiger partial charge in [-0.3, -0.25) is 0 Å². The van der Waals surface area contributed by atoms with E-state index in [0.29, 0.717) is 5.56 Å². The molecule has 0 fully saturated rings. The lowest BCUT2D eigenvalue weighted by atomic mass is 10.3. The van der Waals surface area contributed by atoms with Crippen LogP contribution < -0.4 is 0 Å². The van der Waals surface area contributed by atoms with Gasteiger partial charge in [0.15, 0.2) is 0 Å². The molecule has 0 heterocycles. The van der Waals surface area contributed by atoms with Crippen LogP contribution in [0.25, 0.3) is 0 Å². The van der Waals surface area contributed by atoms with Crippen molar-refractivity contribution in [1.82, 2.24) is 0 Å². The number of hydrogen-bond acceptors (Lipinski definition) is 1. The van der Waals surface area contributed by atoms with Gasteiger partial charge in [0.05, 0.1) is 11.6 Å². The molecule has 0 spiro atoms. The number of benzene rings is 1. The number of halogens is 1. The van der Waals surface area contributed by atoms with Crippen LogP contribution in [0.5, 0.6) is 0 Å². The molecule has 0 saturated heterocycles. The lowest BCUT2D eigenvalue weighted by Crippen LogP contribution is -1.73. The Kier molecular flexibility index (Phi) is 1.46. The predicted molar refractivity (Wildman–Crippen MR) is 31.1 cm³/mol. The maximum Gasteiger partial charge on any atom is 0.123 e. The van der Waals surface area contributed by atoms with Crippen molar-refractivity contribution in [2.75, 3.05) is 0 Å². The van der Waals surface area contributed by atoms with E-state index in [-0.39, 0.29) is 5.82 Å². The van der Waals surface area contributed by atoms with Gasteiger partial charge in [0.2, 0.25) is 0 Å². The molecule has 0 saturated carbocycles. The van der Waals surface area contributed by atoms with Gasteiger partial charge in [-0.15, -0.1) is 0 Å². The van der Waals surface area contributed by atoms with Gasteiger partial charge in [-0.05, 0) is 24.3 Å². The third-order valence-electron chi connectivity index (χ3n) is 0.973. The Morgan fingerprint density at radius 2 is 1.78 bits per heavy atom. The number of hydrogen-bond donors (Lipinski definition) is 0. The molecule has 0 aliphatic carbocycles. The van der Waals surface area contributed by atoms with Crippen molar-refractivity contribution in [2.45, 2.75) is 0 Å². The van der Waals surface area contributed by atoms with Crippen LogP contribution in [0, 0.1) is 17.1 Å². The molecule has 0 aliphatic rings. The minimum absolute atomic E-state index is 0.311. The first kappa shape index (κ1) is 5.77. The second-order valence-electron chi connectivity index (χ2n) is 1.62. The summed E-state index contributed by atoms with van der Waals surface area (Å²) in [5, 5.41) is 8.26. The maximum atomic E-state index is 12.1. The fourth-order valence-electron chi connectivity index (χ4n) is 0.524. The van der Waals surface area contributed by atoms with E-state index >= 15 is 0 Å². The number of rotatable bonds is 0. The van der Waals surface area contributed by atoms with Crippen LogP contribution in [0.3, 0.4) is 0 Å². The summed E-state index contributed by atoms with van der Waals surface area (Å²) >= 11 is 0. The molecule has 1 rings (SSSR count). The fourth-order valence-corrected chi connectivity index (χ4v) is 0.524. The third kappa shape index (κ3) is 1.26. The number of nitrogens with zero attached hydrogens (tertiary/aromatic N) is 1. The van der Waals surface area contributed by atoms with Crippen molar-refractivity contribution in [2.24, 2.45) is 0 Å². The van der Waals surface area contributed by atoms with Gasteiger partial charge in [-0.1, -0.05) is 0 Å². The molecule has 0 bridgehead atoms. The summed E-state index contributed by atoms with van der Waals surface area (Å²) in [6, 6.07) is 7.29. The zero-order chi connectivity index (χ0) is 6.69. The molecular weight excluding hydrogens is 119 g/mol. The van der Waals surface area contributed by atoms with Crippen LogP contribution in [0.1, 0.15) is 5.56 Å². The molecule has 0 radical (unpaired) electrons. The Morgan fingerprint density at radius 3 is 2.22 bits per heavy atom. The van der Waals surface area contributed by atoms with Crippen molar-refractivity contribution >= 4 is 0 Å². The summed E-state index contributed by atoms with van der Waals surface area (Å²) < 4.78 is 12.1. The minimum Gasteiger partial charge on any atom is -0.207 e. The Hall–Kier alpha value is -1.36. The summed E-state index contributed by atoms with van der Waals surface area (Å²) in [6.07, 6.45) is 0. The molecule has 0 N–H and O–H groups in total. The topological polar surface area (TPSA) is 23.8 Å². The highest BCUT2D eigenvalue weighted by atomic mass is 19.1. The molecule has 0 amide bonds. The smallest absolute Gasteiger partial charge is 0.123 e. The molecule has 0 aromatic heterocycles. The average Bonchev–Trinajstić information content (AvgIpc) is 1.90. The summed E-state index contributed by atoms with van der Waals surface area (Å²) in [5.41, 5.74) is 0.483. The van der Waals surface area contributed by atoms with E-state index in [2.05, 4.69) is 0 Å². The first-order chi connectivity index (χ1) is 4.33. The van der Waals surface area contributed by atoms with Gasteiger partial charge in [0.25, 0.3) is 0 Å². The highest BCUT2D eigenvalue weighted by Crippen LogP contribution is 1.99. The van der Waals surface area contributed by atoms with E-state index in [0.717, 1.165) is 0 Å². The van der Waals surface area contributed by atoms with Crippen LogP contribution in [0.15, 0.2) is 24.3 Å². The summed E-state index contributed by atoms with van der Waals surface area (Å²) in [4.78, 5) is 0. The molecule has 0 aliphatic heterocycles. The first-order valence-electron chi connectivity index (χ1n) is 2.48. The zero-order valence-electron chi connectivity index (χ0n) is 4.63. The molecule has 2 heteroatoms. The Bertz CT molecular complexity index is 232. The van der Waals surface area contributed by atoms with Crippen molar-refractivity contribution in [1.29, 1.82) is 5.26 Å². The number of nitriles is 1. The molecule has 0 unspecified atom stereocenters. The van der Waals surface area contributed by atoms with Gasteiger partial charge in [0.1, 0.15) is 5.82 Å². The van der Waals surface area contributed by atoms with Gasteiger partial charge in [0, 0.05) is 0 Å². The van der Waals surface area contributed by atoms with E-state index in [9.17, 15) is 4.39 Å². The molecule has 1 aromatic rings. The van der Waals surface area contributed by atoms with Crippen LogP contribution in [-0.2, 0) is 0 Å². The monoisotopic (exact) mass is 123 g/mol. The lowest BCUT2D eigenvalue weighted by Gasteiger charge is -1.84. The quantitative estimate of drug-likeness (QED) is 0.515. The van der Waals surface area contributed by atoms with Gasteiger partial charge in [-0.2, -0.15) is 5.26 Å². The van der Waals surface area contributed by atoms with Gasteiger partial charge in [-0.25, -0.2) is 4.39 Å². The second kappa shape index (κ2) is 2.27. The molecule has 9 heavy (non-hydrogen) atoms. The van der Waals surface area contributed by atoms with E-state index in [1.54, 1.807) is 0 Å². The van der Waals surface area contributed by atoms with E-state index < -0.39 is 0 Å². The van der Waals surface area contributed by atoms with Crippen molar-refractivity contribution < 1.29 is 4.39 Å².